The van der Waals surface area contributed by atoms with E-state index in [2.05, 4.69) is 16.0 Å². The lowest BCUT2D eigenvalue weighted by atomic mass is 10.1. The van der Waals surface area contributed by atoms with Crippen LogP contribution in [-0.4, -0.2) is 31.4 Å². The number of benzene rings is 1. The second-order valence-electron chi connectivity index (χ2n) is 4.49. The third-order valence-corrected chi connectivity index (χ3v) is 3.01. The quantitative estimate of drug-likeness (QED) is 0.663. The highest BCUT2D eigenvalue weighted by Gasteiger charge is 2.07. The number of hydrogen-bond acceptors (Lipinski definition) is 3. The Hall–Kier alpha value is -1.59. The van der Waals surface area contributed by atoms with Gasteiger partial charge in [-0.2, -0.15) is 0 Å². The summed E-state index contributed by atoms with van der Waals surface area (Å²) in [5.74, 6) is -0.204. The van der Waals surface area contributed by atoms with Crippen molar-refractivity contribution in [1.82, 2.24) is 16.0 Å². The van der Waals surface area contributed by atoms with Crippen molar-refractivity contribution in [3.8, 4) is 0 Å². The molecule has 110 valence electrons. The molecule has 0 radical (unpaired) electrons. The maximum atomic E-state index is 11.6. The topological polar surface area (TPSA) is 70.2 Å². The van der Waals surface area contributed by atoms with Crippen molar-refractivity contribution in [2.24, 2.45) is 0 Å². The summed E-state index contributed by atoms with van der Waals surface area (Å²) in [5.41, 5.74) is 1.07. The predicted molar refractivity (Wildman–Crippen MR) is 79.6 cm³/mol. The highest BCUT2D eigenvalue weighted by molar-refractivity contribution is 6.30. The van der Waals surface area contributed by atoms with Gasteiger partial charge in [0, 0.05) is 31.1 Å². The van der Waals surface area contributed by atoms with Gasteiger partial charge in [-0.05, 0) is 24.6 Å². The first-order chi connectivity index (χ1) is 9.49. The third-order valence-electron chi connectivity index (χ3n) is 2.76. The summed E-state index contributed by atoms with van der Waals surface area (Å²) in [7, 11) is 0. The van der Waals surface area contributed by atoms with Crippen LogP contribution in [0.2, 0.25) is 5.02 Å². The lowest BCUT2D eigenvalue weighted by Crippen LogP contribution is -2.39. The zero-order valence-corrected chi connectivity index (χ0v) is 12.5. The van der Waals surface area contributed by atoms with Crippen molar-refractivity contribution in [2.75, 3.05) is 19.6 Å². The molecule has 0 heterocycles. The molecule has 1 aromatic rings. The van der Waals surface area contributed by atoms with Gasteiger partial charge in [0.15, 0.2) is 0 Å². The van der Waals surface area contributed by atoms with Crippen LogP contribution in [0.1, 0.15) is 25.5 Å². The summed E-state index contributed by atoms with van der Waals surface area (Å²) in [6, 6.07) is 7.56. The molecule has 0 aliphatic carbocycles. The summed E-state index contributed by atoms with van der Waals surface area (Å²) in [4.78, 5) is 22.2. The van der Waals surface area contributed by atoms with Crippen molar-refractivity contribution in [2.45, 2.75) is 19.9 Å². The van der Waals surface area contributed by atoms with Crippen LogP contribution in [0.25, 0.3) is 0 Å². The van der Waals surface area contributed by atoms with Crippen LogP contribution in [0, 0.1) is 0 Å². The highest BCUT2D eigenvalue weighted by Crippen LogP contribution is 2.15. The van der Waals surface area contributed by atoms with Gasteiger partial charge in [-0.1, -0.05) is 23.7 Å². The Morgan fingerprint density at radius 2 is 1.75 bits per heavy atom. The second kappa shape index (κ2) is 8.55. The standard InChI is InChI=1S/C14H20ClN3O2/c1-10(12-3-5-13(15)6-4-12)18-9-14(20)17-8-7-16-11(2)19/h3-6,10,18H,7-9H2,1-2H3,(H,16,19)(H,17,20). The van der Waals surface area contributed by atoms with Crippen molar-refractivity contribution >= 4 is 23.4 Å². The number of carbonyl (C=O) groups excluding carboxylic acids is 2. The third kappa shape index (κ3) is 6.54. The first-order valence-corrected chi connectivity index (χ1v) is 6.87. The minimum absolute atomic E-state index is 0.0633. The van der Waals surface area contributed by atoms with Gasteiger partial charge in [0.1, 0.15) is 0 Å². The Bertz CT molecular complexity index is 448. The number of hydrogen-bond donors (Lipinski definition) is 3. The Morgan fingerprint density at radius 1 is 1.15 bits per heavy atom. The Balaban J connectivity index is 2.23. The second-order valence-corrected chi connectivity index (χ2v) is 4.92. The van der Waals surface area contributed by atoms with Crippen LogP contribution < -0.4 is 16.0 Å². The normalized spacial score (nSPS) is 11.8. The first kappa shape index (κ1) is 16.5. The monoisotopic (exact) mass is 297 g/mol. The molecule has 1 aromatic carbocycles. The van der Waals surface area contributed by atoms with E-state index in [1.165, 1.54) is 6.92 Å². The summed E-state index contributed by atoms with van der Waals surface area (Å²) in [6.45, 7) is 4.51. The number of nitrogens with one attached hydrogen (secondary N) is 3. The summed E-state index contributed by atoms with van der Waals surface area (Å²) < 4.78 is 0. The maximum absolute atomic E-state index is 11.6. The van der Waals surface area contributed by atoms with Gasteiger partial charge in [-0.15, -0.1) is 0 Å². The molecule has 0 saturated carbocycles. The fourth-order valence-corrected chi connectivity index (χ4v) is 1.74. The van der Waals surface area contributed by atoms with E-state index in [0.717, 1.165) is 5.56 Å². The summed E-state index contributed by atoms with van der Waals surface area (Å²) in [5, 5.41) is 9.14. The van der Waals surface area contributed by atoms with E-state index >= 15 is 0 Å². The largest absolute Gasteiger partial charge is 0.355 e. The molecule has 3 N–H and O–H groups in total. The van der Waals surface area contributed by atoms with E-state index in [4.69, 9.17) is 11.6 Å². The van der Waals surface area contributed by atoms with E-state index < -0.39 is 0 Å². The molecule has 0 fully saturated rings. The van der Waals surface area contributed by atoms with Crippen LogP contribution >= 0.6 is 11.6 Å². The van der Waals surface area contributed by atoms with E-state index in [-0.39, 0.29) is 24.4 Å². The smallest absolute Gasteiger partial charge is 0.234 e. The molecule has 2 amide bonds. The SMILES string of the molecule is CC(=O)NCCNC(=O)CNC(C)c1ccc(Cl)cc1. The molecule has 0 bridgehead atoms. The van der Waals surface area contributed by atoms with Crippen LogP contribution in [0.3, 0.4) is 0 Å². The highest BCUT2D eigenvalue weighted by atomic mass is 35.5. The van der Waals surface area contributed by atoms with Gasteiger partial charge in [0.05, 0.1) is 6.54 Å². The van der Waals surface area contributed by atoms with E-state index in [9.17, 15) is 9.59 Å². The fourth-order valence-electron chi connectivity index (χ4n) is 1.62. The molecule has 5 nitrogen and oxygen atoms in total. The minimum Gasteiger partial charge on any atom is -0.355 e. The average Bonchev–Trinajstić information content (AvgIpc) is 2.41. The van der Waals surface area contributed by atoms with Crippen molar-refractivity contribution in [3.63, 3.8) is 0 Å². The maximum Gasteiger partial charge on any atom is 0.234 e. The van der Waals surface area contributed by atoms with Gasteiger partial charge < -0.3 is 16.0 Å². The van der Waals surface area contributed by atoms with Gasteiger partial charge in [-0.3, -0.25) is 9.59 Å². The van der Waals surface area contributed by atoms with Gasteiger partial charge in [0.25, 0.3) is 0 Å². The zero-order chi connectivity index (χ0) is 15.0. The predicted octanol–water partition coefficient (Wildman–Crippen LogP) is 1.24. The van der Waals surface area contributed by atoms with Crippen molar-refractivity contribution in [1.29, 1.82) is 0 Å². The summed E-state index contributed by atoms with van der Waals surface area (Å²) in [6.07, 6.45) is 0. The van der Waals surface area contributed by atoms with Gasteiger partial charge in [-0.25, -0.2) is 0 Å². The lowest BCUT2D eigenvalue weighted by Gasteiger charge is -2.14. The number of amides is 2. The Labute approximate surface area is 124 Å². The van der Waals surface area contributed by atoms with Crippen molar-refractivity contribution < 1.29 is 9.59 Å². The molecule has 0 aromatic heterocycles. The van der Waals surface area contributed by atoms with Gasteiger partial charge >= 0.3 is 0 Å². The Morgan fingerprint density at radius 3 is 2.35 bits per heavy atom. The number of halogens is 1. The molecular formula is C14H20ClN3O2. The van der Waals surface area contributed by atoms with Crippen LogP contribution in [0.5, 0.6) is 0 Å². The zero-order valence-electron chi connectivity index (χ0n) is 11.7. The first-order valence-electron chi connectivity index (χ1n) is 6.49. The molecule has 0 spiro atoms. The number of rotatable bonds is 7. The van der Waals surface area contributed by atoms with Crippen LogP contribution in [0.4, 0.5) is 0 Å². The summed E-state index contributed by atoms with van der Waals surface area (Å²) >= 11 is 5.82. The molecule has 0 aliphatic heterocycles. The fraction of sp³-hybridized carbons (Fsp3) is 0.429. The molecule has 20 heavy (non-hydrogen) atoms. The Kier molecular flexibility index (Phi) is 7.04. The minimum atomic E-state index is -0.103. The molecule has 0 saturated heterocycles. The van der Waals surface area contributed by atoms with E-state index in [0.29, 0.717) is 18.1 Å². The molecule has 1 atom stereocenters. The van der Waals surface area contributed by atoms with Gasteiger partial charge in [0.2, 0.25) is 11.8 Å². The molecule has 6 heteroatoms. The molecule has 1 unspecified atom stereocenters. The van der Waals surface area contributed by atoms with Crippen LogP contribution in [0.15, 0.2) is 24.3 Å². The van der Waals surface area contributed by atoms with E-state index in [1.807, 2.05) is 31.2 Å². The number of carbonyl (C=O) groups is 2. The average molecular weight is 298 g/mol. The molecule has 1 rings (SSSR count). The molecular weight excluding hydrogens is 278 g/mol. The molecule has 0 aliphatic rings. The van der Waals surface area contributed by atoms with E-state index in [1.54, 1.807) is 0 Å². The lowest BCUT2D eigenvalue weighted by molar-refractivity contribution is -0.121. The van der Waals surface area contributed by atoms with Crippen LogP contribution in [-0.2, 0) is 9.59 Å². The van der Waals surface area contributed by atoms with Crippen molar-refractivity contribution in [3.05, 3.63) is 34.9 Å².